The molecule has 0 saturated heterocycles. The highest BCUT2D eigenvalue weighted by Gasteiger charge is 2.15. The molecule has 0 atom stereocenters. The molecule has 3 heterocycles. The summed E-state index contributed by atoms with van der Waals surface area (Å²) in [6.07, 6.45) is 3.82. The number of rotatable bonds is 7. The van der Waals surface area contributed by atoms with Crippen LogP contribution in [0.3, 0.4) is 0 Å². The number of hydrogen-bond acceptors (Lipinski definition) is 5. The highest BCUT2D eigenvalue weighted by atomic mass is 15.0. The quantitative estimate of drug-likeness (QED) is 0.169. The minimum Gasteiger partial charge on any atom is -0.256 e. The van der Waals surface area contributed by atoms with Gasteiger partial charge in [-0.15, -0.1) is 0 Å². The molecule has 0 amide bonds. The number of hydrogen-bond donors (Lipinski definition) is 0. The maximum atomic E-state index is 5.06. The molecule has 0 aliphatic rings. The van der Waals surface area contributed by atoms with Crippen LogP contribution in [0, 0.1) is 0 Å². The number of para-hydroxylation sites is 1. The van der Waals surface area contributed by atoms with Crippen LogP contribution in [0.15, 0.2) is 188 Å². The van der Waals surface area contributed by atoms with Crippen LogP contribution in [0.25, 0.3) is 89.7 Å². The normalized spacial score (nSPS) is 11.1. The third kappa shape index (κ3) is 6.35. The zero-order chi connectivity index (χ0) is 34.7. The summed E-state index contributed by atoms with van der Waals surface area (Å²) in [4.78, 5) is 24.5. The highest BCUT2D eigenvalue weighted by molar-refractivity contribution is 5.86. The average Bonchev–Trinajstić information content (AvgIpc) is 3.24. The molecule has 9 rings (SSSR count). The Morgan fingerprint density at radius 1 is 0.288 bits per heavy atom. The van der Waals surface area contributed by atoms with Crippen molar-refractivity contribution in [3.8, 4) is 78.8 Å². The van der Waals surface area contributed by atoms with Gasteiger partial charge < -0.3 is 0 Å². The molecule has 0 fully saturated rings. The van der Waals surface area contributed by atoms with E-state index in [1.54, 1.807) is 0 Å². The van der Waals surface area contributed by atoms with Crippen molar-refractivity contribution in [1.82, 2.24) is 24.9 Å². The fraction of sp³-hybridized carbons (Fsp3) is 0. The molecular weight excluding hydrogens is 635 g/mol. The first kappa shape index (κ1) is 30.9. The van der Waals surface area contributed by atoms with Gasteiger partial charge >= 0.3 is 0 Å². The van der Waals surface area contributed by atoms with Gasteiger partial charge in [0.1, 0.15) is 0 Å². The van der Waals surface area contributed by atoms with Crippen molar-refractivity contribution in [2.75, 3.05) is 0 Å². The van der Waals surface area contributed by atoms with E-state index in [1.807, 2.05) is 97.3 Å². The van der Waals surface area contributed by atoms with E-state index in [1.165, 1.54) is 5.56 Å². The Balaban J connectivity index is 1.18. The number of benzene rings is 6. The average molecular weight is 666 g/mol. The number of aromatic nitrogens is 5. The van der Waals surface area contributed by atoms with Crippen molar-refractivity contribution < 1.29 is 0 Å². The number of pyridine rings is 2. The second-order valence-corrected chi connectivity index (χ2v) is 12.6. The molecule has 0 saturated carbocycles. The number of nitrogens with zero attached hydrogens (tertiary/aromatic N) is 5. The number of fused-ring (bicyclic) bond motifs is 1. The Bertz CT molecular complexity index is 2600. The molecule has 6 aromatic carbocycles. The van der Waals surface area contributed by atoms with E-state index in [0.29, 0.717) is 17.5 Å². The molecule has 0 aliphatic carbocycles. The Kier molecular flexibility index (Phi) is 8.12. The predicted molar refractivity (Wildman–Crippen MR) is 211 cm³/mol. The largest absolute Gasteiger partial charge is 0.256 e. The lowest BCUT2D eigenvalue weighted by Crippen LogP contribution is -2.00. The van der Waals surface area contributed by atoms with Gasteiger partial charge in [-0.3, -0.25) is 9.97 Å². The second-order valence-electron chi connectivity index (χ2n) is 12.6. The zero-order valence-electron chi connectivity index (χ0n) is 28.1. The third-order valence-electron chi connectivity index (χ3n) is 9.20. The Labute approximate surface area is 302 Å². The maximum absolute atomic E-state index is 5.06. The van der Waals surface area contributed by atoms with Gasteiger partial charge in [0.15, 0.2) is 17.5 Å². The predicted octanol–water partition coefficient (Wildman–Crippen LogP) is 11.5. The van der Waals surface area contributed by atoms with Crippen molar-refractivity contribution in [3.05, 3.63) is 188 Å². The fourth-order valence-electron chi connectivity index (χ4n) is 6.49. The molecule has 244 valence electrons. The van der Waals surface area contributed by atoms with Gasteiger partial charge in [0.05, 0.1) is 11.2 Å². The lowest BCUT2D eigenvalue weighted by atomic mass is 9.95. The van der Waals surface area contributed by atoms with E-state index in [4.69, 9.17) is 24.9 Å². The first-order chi connectivity index (χ1) is 25.7. The lowest BCUT2D eigenvalue weighted by molar-refractivity contribution is 1.07. The van der Waals surface area contributed by atoms with Gasteiger partial charge in [0.2, 0.25) is 0 Å². The van der Waals surface area contributed by atoms with Crippen LogP contribution < -0.4 is 0 Å². The topological polar surface area (TPSA) is 64.5 Å². The van der Waals surface area contributed by atoms with Crippen LogP contribution in [0.5, 0.6) is 0 Å². The van der Waals surface area contributed by atoms with Crippen LogP contribution in [0.4, 0.5) is 0 Å². The summed E-state index contributed by atoms with van der Waals surface area (Å²) >= 11 is 0. The van der Waals surface area contributed by atoms with E-state index >= 15 is 0 Å². The van der Waals surface area contributed by atoms with Crippen LogP contribution in [0.1, 0.15) is 0 Å². The minimum absolute atomic E-state index is 0.600. The summed E-state index contributed by atoms with van der Waals surface area (Å²) in [5, 5.41) is 1.08. The van der Waals surface area contributed by atoms with Crippen LogP contribution in [0.2, 0.25) is 0 Å². The van der Waals surface area contributed by atoms with E-state index in [0.717, 1.165) is 66.7 Å². The molecule has 0 radical (unpaired) electrons. The van der Waals surface area contributed by atoms with Crippen LogP contribution >= 0.6 is 0 Å². The minimum atomic E-state index is 0.600. The van der Waals surface area contributed by atoms with Crippen molar-refractivity contribution in [2.45, 2.75) is 0 Å². The smallest absolute Gasteiger partial charge is 0.164 e. The molecule has 0 unspecified atom stereocenters. The van der Waals surface area contributed by atoms with E-state index in [2.05, 4.69) is 91.0 Å². The van der Waals surface area contributed by atoms with Crippen molar-refractivity contribution >= 4 is 10.9 Å². The molecule has 9 aromatic rings. The van der Waals surface area contributed by atoms with Gasteiger partial charge in [-0.2, -0.15) is 0 Å². The second kappa shape index (κ2) is 13.7. The first-order valence-electron chi connectivity index (χ1n) is 17.2. The molecule has 52 heavy (non-hydrogen) atoms. The maximum Gasteiger partial charge on any atom is 0.164 e. The van der Waals surface area contributed by atoms with Crippen molar-refractivity contribution in [2.24, 2.45) is 0 Å². The van der Waals surface area contributed by atoms with Gasteiger partial charge in [0, 0.05) is 45.6 Å². The molecular formula is C47H31N5. The highest BCUT2D eigenvalue weighted by Crippen LogP contribution is 2.35. The molecule has 0 bridgehead atoms. The van der Waals surface area contributed by atoms with Gasteiger partial charge in [0.25, 0.3) is 0 Å². The molecule has 5 heteroatoms. The lowest BCUT2D eigenvalue weighted by Gasteiger charge is -2.13. The van der Waals surface area contributed by atoms with E-state index in [-0.39, 0.29) is 0 Å². The van der Waals surface area contributed by atoms with Gasteiger partial charge in [-0.1, -0.05) is 133 Å². The third-order valence-corrected chi connectivity index (χ3v) is 9.20. The monoisotopic (exact) mass is 665 g/mol. The molecule has 0 N–H and O–H groups in total. The van der Waals surface area contributed by atoms with E-state index < -0.39 is 0 Å². The summed E-state index contributed by atoms with van der Waals surface area (Å²) in [6, 6.07) is 60.2. The summed E-state index contributed by atoms with van der Waals surface area (Å²) < 4.78 is 0. The SMILES string of the molecule is c1ccc(-c2ccnc(-c3ccc(-c4cc(-c5cnc6ccccc6c5)cc(-c5nc(-c6ccccc6)nc(-c6ccccc6)n5)c4)cc3)c2)cc1. The fourth-order valence-corrected chi connectivity index (χ4v) is 6.49. The molecule has 0 spiro atoms. The molecule has 0 aliphatic heterocycles. The summed E-state index contributed by atoms with van der Waals surface area (Å²) in [5.74, 6) is 1.85. The van der Waals surface area contributed by atoms with Gasteiger partial charge in [-0.25, -0.2) is 15.0 Å². The van der Waals surface area contributed by atoms with E-state index in [9.17, 15) is 0 Å². The Morgan fingerprint density at radius 2 is 0.788 bits per heavy atom. The molecule has 3 aromatic heterocycles. The summed E-state index contributed by atoms with van der Waals surface area (Å²) in [5.41, 5.74) is 12.1. The molecule has 5 nitrogen and oxygen atoms in total. The Morgan fingerprint density at radius 3 is 1.44 bits per heavy atom. The zero-order valence-corrected chi connectivity index (χ0v) is 28.1. The van der Waals surface area contributed by atoms with Crippen molar-refractivity contribution in [1.29, 1.82) is 0 Å². The van der Waals surface area contributed by atoms with Crippen LogP contribution in [-0.4, -0.2) is 24.9 Å². The first-order valence-corrected chi connectivity index (χ1v) is 17.2. The summed E-state index contributed by atoms with van der Waals surface area (Å²) in [7, 11) is 0. The summed E-state index contributed by atoms with van der Waals surface area (Å²) in [6.45, 7) is 0. The van der Waals surface area contributed by atoms with Gasteiger partial charge in [-0.05, 0) is 70.3 Å². The Hall–Kier alpha value is -7.11. The van der Waals surface area contributed by atoms with Crippen molar-refractivity contribution in [3.63, 3.8) is 0 Å². The standard InChI is InChI=1S/C47H31N5/c1-4-12-32(13-5-1)37-24-25-48-44(30-37)34-22-20-33(21-23-34)39-27-40(42-26-38-18-10-11-19-43(38)49-31-42)29-41(28-39)47-51-45(35-14-6-2-7-15-35)50-46(52-47)36-16-8-3-9-17-36/h1-31H. The van der Waals surface area contributed by atoms with Crippen LogP contribution in [-0.2, 0) is 0 Å².